The molecule has 2 rings (SSSR count). The predicted octanol–water partition coefficient (Wildman–Crippen LogP) is 1.76. The topological polar surface area (TPSA) is 58.4 Å². The molecule has 0 bridgehead atoms. The summed E-state index contributed by atoms with van der Waals surface area (Å²) in [7, 11) is 2.08. The van der Waals surface area contributed by atoms with Gasteiger partial charge in [-0.1, -0.05) is 18.2 Å². The molecule has 0 aromatic heterocycles. The van der Waals surface area contributed by atoms with E-state index in [9.17, 15) is 4.79 Å². The Bertz CT molecular complexity index is 421. The number of benzene rings is 1. The highest BCUT2D eigenvalue weighted by atomic mass is 16.1. The highest BCUT2D eigenvalue weighted by molar-refractivity contribution is 5.78. The first kappa shape index (κ1) is 14.9. The van der Waals surface area contributed by atoms with E-state index in [1.54, 1.807) is 0 Å². The van der Waals surface area contributed by atoms with Crippen LogP contribution in [0.1, 0.15) is 25.7 Å². The molecule has 1 amide bonds. The maximum absolute atomic E-state index is 11.9. The second kappa shape index (κ2) is 7.29. The molecule has 0 heterocycles. The van der Waals surface area contributed by atoms with E-state index < -0.39 is 0 Å². The van der Waals surface area contributed by atoms with Crippen LogP contribution in [0.5, 0.6) is 0 Å². The van der Waals surface area contributed by atoms with Crippen LogP contribution in [0.3, 0.4) is 0 Å². The van der Waals surface area contributed by atoms with Gasteiger partial charge in [-0.2, -0.15) is 0 Å². The Labute approximate surface area is 121 Å². The van der Waals surface area contributed by atoms with Crippen molar-refractivity contribution in [2.75, 3.05) is 25.0 Å². The van der Waals surface area contributed by atoms with Crippen LogP contribution in [0, 0.1) is 5.92 Å². The van der Waals surface area contributed by atoms with Gasteiger partial charge in [0.1, 0.15) is 0 Å². The third-order valence-corrected chi connectivity index (χ3v) is 4.01. The molecule has 3 N–H and O–H groups in total. The lowest BCUT2D eigenvalue weighted by Crippen LogP contribution is -2.32. The zero-order valence-electron chi connectivity index (χ0n) is 12.2. The zero-order valence-corrected chi connectivity index (χ0v) is 12.2. The van der Waals surface area contributed by atoms with Gasteiger partial charge in [0.05, 0.1) is 0 Å². The van der Waals surface area contributed by atoms with Crippen molar-refractivity contribution in [1.29, 1.82) is 0 Å². The lowest BCUT2D eigenvalue weighted by Gasteiger charge is -2.19. The maximum atomic E-state index is 11.9. The predicted molar refractivity (Wildman–Crippen MR) is 82.7 cm³/mol. The summed E-state index contributed by atoms with van der Waals surface area (Å²) in [6.45, 7) is 1.68. The molecule has 0 unspecified atom stereocenters. The molecule has 1 aromatic rings. The summed E-state index contributed by atoms with van der Waals surface area (Å²) in [6.07, 6.45) is 3.72. The first-order chi connectivity index (χ1) is 9.66. The van der Waals surface area contributed by atoms with Crippen molar-refractivity contribution in [3.8, 4) is 0 Å². The van der Waals surface area contributed by atoms with Gasteiger partial charge in [-0.25, -0.2) is 0 Å². The normalized spacial score (nSPS) is 21.7. The number of amides is 1. The van der Waals surface area contributed by atoms with Gasteiger partial charge in [-0.15, -0.1) is 0 Å². The molecule has 2 atom stereocenters. The molecule has 20 heavy (non-hydrogen) atoms. The fourth-order valence-corrected chi connectivity index (χ4v) is 2.74. The molecule has 1 aliphatic rings. The number of rotatable bonds is 6. The highest BCUT2D eigenvalue weighted by Crippen LogP contribution is 2.23. The van der Waals surface area contributed by atoms with Crippen molar-refractivity contribution in [2.24, 2.45) is 11.7 Å². The molecule has 0 radical (unpaired) electrons. The molecule has 0 saturated heterocycles. The second-order valence-corrected chi connectivity index (χ2v) is 5.67. The summed E-state index contributed by atoms with van der Waals surface area (Å²) in [6, 6.07) is 10.5. The Balaban J connectivity index is 1.63. The number of nitrogens with zero attached hydrogens (tertiary/aromatic N) is 1. The Morgan fingerprint density at radius 3 is 2.75 bits per heavy atom. The van der Waals surface area contributed by atoms with Crippen molar-refractivity contribution in [1.82, 2.24) is 5.32 Å². The summed E-state index contributed by atoms with van der Waals surface area (Å²) in [5, 5.41) is 3.03. The molecule has 1 saturated carbocycles. The summed E-state index contributed by atoms with van der Waals surface area (Å²) in [5.74, 6) is 0.317. The third-order valence-electron chi connectivity index (χ3n) is 4.01. The molecule has 1 fully saturated rings. The summed E-state index contributed by atoms with van der Waals surface area (Å²) >= 11 is 0. The van der Waals surface area contributed by atoms with E-state index in [0.717, 1.165) is 38.8 Å². The van der Waals surface area contributed by atoms with Crippen LogP contribution in [0.2, 0.25) is 0 Å². The molecule has 0 spiro atoms. The Kier molecular flexibility index (Phi) is 5.41. The van der Waals surface area contributed by atoms with Crippen LogP contribution in [0.15, 0.2) is 30.3 Å². The molecule has 4 nitrogen and oxygen atoms in total. The van der Waals surface area contributed by atoms with Gasteiger partial charge in [-0.05, 0) is 37.8 Å². The van der Waals surface area contributed by atoms with E-state index >= 15 is 0 Å². The van der Waals surface area contributed by atoms with Crippen LogP contribution in [0.25, 0.3) is 0 Å². The Hall–Kier alpha value is -1.55. The monoisotopic (exact) mass is 275 g/mol. The van der Waals surface area contributed by atoms with Gasteiger partial charge in [0.25, 0.3) is 0 Å². The molecular weight excluding hydrogens is 250 g/mol. The molecule has 4 heteroatoms. The molecule has 1 aliphatic carbocycles. The Morgan fingerprint density at radius 1 is 1.35 bits per heavy atom. The van der Waals surface area contributed by atoms with Crippen LogP contribution < -0.4 is 16.0 Å². The number of para-hydroxylation sites is 1. The van der Waals surface area contributed by atoms with Crippen molar-refractivity contribution in [3.05, 3.63) is 30.3 Å². The average molecular weight is 275 g/mol. The SMILES string of the molecule is CN(CCCNC(=O)[C@H]1CC[C@@H](N)C1)c1ccccc1. The van der Waals surface area contributed by atoms with Gasteiger partial charge >= 0.3 is 0 Å². The van der Waals surface area contributed by atoms with E-state index in [-0.39, 0.29) is 17.9 Å². The summed E-state index contributed by atoms with van der Waals surface area (Å²) in [5.41, 5.74) is 7.04. The molecule has 110 valence electrons. The smallest absolute Gasteiger partial charge is 0.223 e. The number of carbonyl (C=O) groups is 1. The van der Waals surface area contributed by atoms with Crippen molar-refractivity contribution in [2.45, 2.75) is 31.7 Å². The maximum Gasteiger partial charge on any atom is 0.223 e. The largest absolute Gasteiger partial charge is 0.375 e. The van der Waals surface area contributed by atoms with Crippen LogP contribution >= 0.6 is 0 Å². The minimum absolute atomic E-state index is 0.136. The highest BCUT2D eigenvalue weighted by Gasteiger charge is 2.27. The number of hydrogen-bond donors (Lipinski definition) is 2. The Morgan fingerprint density at radius 2 is 2.10 bits per heavy atom. The van der Waals surface area contributed by atoms with E-state index in [2.05, 4.69) is 29.4 Å². The molecule has 1 aromatic carbocycles. The van der Waals surface area contributed by atoms with Gasteiger partial charge in [0, 0.05) is 37.8 Å². The van der Waals surface area contributed by atoms with Gasteiger partial charge in [-0.3, -0.25) is 4.79 Å². The lowest BCUT2D eigenvalue weighted by molar-refractivity contribution is -0.124. The molecule has 0 aliphatic heterocycles. The first-order valence-corrected chi connectivity index (χ1v) is 7.46. The minimum atomic E-state index is 0.136. The number of hydrogen-bond acceptors (Lipinski definition) is 3. The standard InChI is InChI=1S/C16H25N3O/c1-19(15-6-3-2-4-7-15)11-5-10-18-16(20)13-8-9-14(17)12-13/h2-4,6-7,13-14H,5,8-12,17H2,1H3,(H,18,20)/t13-,14+/m0/s1. The first-order valence-electron chi connectivity index (χ1n) is 7.46. The van der Waals surface area contributed by atoms with Crippen LogP contribution in [-0.2, 0) is 4.79 Å². The fraction of sp³-hybridized carbons (Fsp3) is 0.562. The van der Waals surface area contributed by atoms with Gasteiger partial charge in [0.2, 0.25) is 5.91 Å². The average Bonchev–Trinajstić information content (AvgIpc) is 2.91. The number of carbonyl (C=O) groups excluding carboxylic acids is 1. The van der Waals surface area contributed by atoms with Crippen LogP contribution in [-0.4, -0.2) is 32.1 Å². The van der Waals surface area contributed by atoms with Gasteiger partial charge in [0.15, 0.2) is 0 Å². The fourth-order valence-electron chi connectivity index (χ4n) is 2.74. The van der Waals surface area contributed by atoms with Crippen LogP contribution in [0.4, 0.5) is 5.69 Å². The number of nitrogens with two attached hydrogens (primary N) is 1. The number of nitrogens with one attached hydrogen (secondary N) is 1. The second-order valence-electron chi connectivity index (χ2n) is 5.67. The minimum Gasteiger partial charge on any atom is -0.375 e. The van der Waals surface area contributed by atoms with Crippen molar-refractivity contribution >= 4 is 11.6 Å². The molecular formula is C16H25N3O. The van der Waals surface area contributed by atoms with Gasteiger partial charge < -0.3 is 16.0 Å². The van der Waals surface area contributed by atoms with E-state index in [1.807, 2.05) is 18.2 Å². The quantitative estimate of drug-likeness (QED) is 0.778. The van der Waals surface area contributed by atoms with E-state index in [4.69, 9.17) is 5.73 Å². The summed E-state index contributed by atoms with van der Waals surface area (Å²) in [4.78, 5) is 14.1. The van der Waals surface area contributed by atoms with Crippen molar-refractivity contribution < 1.29 is 4.79 Å². The third kappa shape index (κ3) is 4.23. The lowest BCUT2D eigenvalue weighted by atomic mass is 10.1. The van der Waals surface area contributed by atoms with Crippen molar-refractivity contribution in [3.63, 3.8) is 0 Å². The zero-order chi connectivity index (χ0) is 14.4. The summed E-state index contributed by atoms with van der Waals surface area (Å²) < 4.78 is 0. The number of anilines is 1. The van der Waals surface area contributed by atoms with E-state index in [0.29, 0.717) is 0 Å². The van der Waals surface area contributed by atoms with E-state index in [1.165, 1.54) is 5.69 Å².